The number of hydrogen-bond acceptors (Lipinski definition) is 4. The molecule has 242 valence electrons. The lowest BCUT2D eigenvalue weighted by Gasteiger charge is -2.47. The molecule has 0 fully saturated rings. The molecule has 0 atom stereocenters. The highest BCUT2D eigenvalue weighted by Gasteiger charge is 2.90. The van der Waals surface area contributed by atoms with Crippen molar-refractivity contribution >= 4 is 28.3 Å². The summed E-state index contributed by atoms with van der Waals surface area (Å²) < 4.78 is 288. The van der Waals surface area contributed by atoms with Gasteiger partial charge in [-0.1, -0.05) is 33.9 Å². The van der Waals surface area contributed by atoms with Crippen molar-refractivity contribution in [2.45, 2.75) is 85.5 Å². The van der Waals surface area contributed by atoms with Crippen molar-refractivity contribution in [3.63, 3.8) is 0 Å². The summed E-state index contributed by atoms with van der Waals surface area (Å²) in [5.74, 6) is -33.0. The smallest absolute Gasteiger partial charge is 0.205 e. The van der Waals surface area contributed by atoms with E-state index in [1.54, 1.807) is 0 Å². The molecule has 26 heteroatoms. The number of alkyl halides is 18. The second-order valence-electron chi connectivity index (χ2n) is 9.34. The first-order valence-electron chi connectivity index (χ1n) is 9.32. The molecule has 5 nitrogen and oxygen atoms in total. The Morgan fingerprint density at radius 3 is 0.800 bits per heavy atom. The van der Waals surface area contributed by atoms with Gasteiger partial charge in [-0.05, 0) is 5.04 Å². The molecule has 0 saturated carbocycles. The van der Waals surface area contributed by atoms with E-state index in [1.807, 2.05) is 0 Å². The van der Waals surface area contributed by atoms with E-state index in [-0.39, 0.29) is 13.1 Å². The van der Waals surface area contributed by atoms with Gasteiger partial charge in [0, 0.05) is 0 Å². The molecule has 0 aliphatic heterocycles. The van der Waals surface area contributed by atoms with Gasteiger partial charge in [0.15, 0.2) is 8.24 Å². The minimum absolute atomic E-state index is 0.0751. The fraction of sp³-hybridized carbons (Fsp3) is 1.00. The summed E-state index contributed by atoms with van der Waals surface area (Å²) in [5, 5.41) is -18.9. The Morgan fingerprint density at radius 1 is 0.450 bits per heavy atom. The molecule has 0 aromatic rings. The topological polar surface area (TPSA) is 71.5 Å². The lowest BCUT2D eigenvalue weighted by atomic mass is 10.1. The van der Waals surface area contributed by atoms with Crippen LogP contribution < -0.4 is 0 Å². The zero-order valence-corrected chi connectivity index (χ0v) is 22.3. The van der Waals surface area contributed by atoms with Crippen LogP contribution in [0.1, 0.15) is 20.8 Å². The number of nitrogens with zero attached hydrogens (tertiary/aromatic N) is 1. The van der Waals surface area contributed by atoms with Crippen molar-refractivity contribution in [1.82, 2.24) is 3.38 Å². The van der Waals surface area contributed by atoms with Gasteiger partial charge in [0.25, 0.3) is 20.0 Å². The lowest BCUT2D eigenvalue weighted by molar-refractivity contribution is -0.382. The minimum Gasteiger partial charge on any atom is -0.205 e. The first kappa shape index (κ1) is 38.8. The molecule has 0 aromatic carbocycles. The van der Waals surface area contributed by atoms with Gasteiger partial charge in [-0.2, -0.15) is 79.0 Å². The Kier molecular flexibility index (Phi) is 9.13. The summed E-state index contributed by atoms with van der Waals surface area (Å²) in [4.78, 5) is 0. The number of hydrogen-bond donors (Lipinski definition) is 0. The van der Waals surface area contributed by atoms with Crippen LogP contribution >= 0.6 is 0 Å². The van der Waals surface area contributed by atoms with Gasteiger partial charge in [-0.15, -0.1) is 3.38 Å². The number of sulfonamides is 2. The molecule has 0 aromatic heterocycles. The minimum atomic E-state index is -8.82. The van der Waals surface area contributed by atoms with Gasteiger partial charge in [0.1, 0.15) is 0 Å². The summed E-state index contributed by atoms with van der Waals surface area (Å²) >= 11 is 0. The third kappa shape index (κ3) is 4.94. The molecule has 0 amide bonds. The predicted molar refractivity (Wildman–Crippen MR) is 98.7 cm³/mol. The van der Waals surface area contributed by atoms with E-state index < -0.39 is 83.2 Å². The summed E-state index contributed by atoms with van der Waals surface area (Å²) in [5.41, 5.74) is 0. The van der Waals surface area contributed by atoms with Gasteiger partial charge in [0.05, 0.1) is 0 Å². The van der Waals surface area contributed by atoms with E-state index in [9.17, 15) is 95.9 Å². The molecule has 0 saturated heterocycles. The van der Waals surface area contributed by atoms with E-state index in [1.165, 1.54) is 0 Å². The normalized spacial score (nSPS) is 17.0. The SMILES string of the molecule is CC(C)(C)[Si](C)(C)N(S(=O)(=O)C(F)(F)C(F)(F)C(F)(F)C(F)(F)F)S(=O)(=O)C(F)(F)C(F)(F)C(F)(F)C(F)(F)F. The Bertz CT molecular complexity index is 1100. The Morgan fingerprint density at radius 2 is 0.650 bits per heavy atom. The van der Waals surface area contributed by atoms with Crippen LogP contribution in [0.5, 0.6) is 0 Å². The molecule has 0 radical (unpaired) electrons. The van der Waals surface area contributed by atoms with E-state index in [0.717, 1.165) is 0 Å². The van der Waals surface area contributed by atoms with E-state index in [4.69, 9.17) is 0 Å². The van der Waals surface area contributed by atoms with Crippen molar-refractivity contribution in [3.05, 3.63) is 0 Å². The molecule has 0 unspecified atom stereocenters. The zero-order valence-electron chi connectivity index (χ0n) is 19.7. The monoisotopic (exact) mass is 695 g/mol. The molecule has 0 spiro atoms. The highest BCUT2D eigenvalue weighted by atomic mass is 32.3. The van der Waals surface area contributed by atoms with Crippen LogP contribution in [0.15, 0.2) is 0 Å². The van der Waals surface area contributed by atoms with Crippen LogP contribution in [0.25, 0.3) is 0 Å². The molecule has 0 aliphatic carbocycles. The largest absolute Gasteiger partial charge is 0.460 e. The Balaban J connectivity index is 8.09. The summed E-state index contributed by atoms with van der Waals surface area (Å²) in [6, 6.07) is 0. The quantitative estimate of drug-likeness (QED) is 0.197. The van der Waals surface area contributed by atoms with Crippen molar-refractivity contribution in [2.24, 2.45) is 0 Å². The molecular formula is C14H15F18NO4S2Si. The number of halogens is 18. The van der Waals surface area contributed by atoms with Gasteiger partial charge < -0.3 is 0 Å². The van der Waals surface area contributed by atoms with Crippen LogP contribution in [0, 0.1) is 0 Å². The van der Waals surface area contributed by atoms with Crippen LogP contribution in [-0.2, 0) is 20.0 Å². The first-order valence-corrected chi connectivity index (χ1v) is 15.1. The maximum atomic E-state index is 14.4. The maximum absolute atomic E-state index is 14.4. The summed E-state index contributed by atoms with van der Waals surface area (Å²) in [6.07, 6.45) is -15.6. The van der Waals surface area contributed by atoms with Crippen molar-refractivity contribution in [2.75, 3.05) is 0 Å². The summed E-state index contributed by atoms with van der Waals surface area (Å²) in [7, 11) is -23.6. The molecule has 0 aliphatic rings. The van der Waals surface area contributed by atoms with Crippen LogP contribution in [0.2, 0.25) is 18.1 Å². The Labute approximate surface area is 213 Å². The second-order valence-corrected chi connectivity index (χ2v) is 18.9. The number of rotatable bonds is 9. The van der Waals surface area contributed by atoms with Crippen molar-refractivity contribution in [1.29, 1.82) is 0 Å². The molecule has 0 bridgehead atoms. The molecule has 0 rings (SSSR count). The average Bonchev–Trinajstić information content (AvgIpc) is 2.63. The van der Waals surface area contributed by atoms with E-state index >= 15 is 0 Å². The average molecular weight is 695 g/mol. The van der Waals surface area contributed by atoms with E-state index in [2.05, 4.69) is 0 Å². The Hall–Kier alpha value is -1.18. The zero-order chi connectivity index (χ0) is 33.6. The fourth-order valence-corrected chi connectivity index (χ4v) is 12.9. The predicted octanol–water partition coefficient (Wildman–Crippen LogP) is 6.80. The maximum Gasteiger partial charge on any atom is 0.460 e. The summed E-state index contributed by atoms with van der Waals surface area (Å²) in [6.45, 7) is 1.22. The molecule has 0 N–H and O–H groups in total. The standard InChI is InChI=1S/C14H15F18NO4S2Si/c1-6(2,3)40(4,5)33(38(34,35)13(29,30)9(19,20)7(15,16)11(23,24)25)39(36,37)14(31,32)10(21,22)8(17,18)12(26,27)28/h1-5H3. The third-order valence-electron chi connectivity index (χ3n) is 5.61. The van der Waals surface area contributed by atoms with Gasteiger partial charge in [-0.25, -0.2) is 16.8 Å². The van der Waals surface area contributed by atoms with E-state index in [0.29, 0.717) is 20.8 Å². The first-order chi connectivity index (χ1) is 16.6. The van der Waals surface area contributed by atoms with Gasteiger partial charge in [-0.3, -0.25) is 0 Å². The highest BCUT2D eigenvalue weighted by molar-refractivity contribution is 8.07. The van der Waals surface area contributed by atoms with Crippen molar-refractivity contribution in [3.8, 4) is 0 Å². The molecule has 0 heterocycles. The van der Waals surface area contributed by atoms with Crippen LogP contribution in [0.4, 0.5) is 79.0 Å². The molecular weight excluding hydrogens is 680 g/mol. The highest BCUT2D eigenvalue weighted by Crippen LogP contribution is 2.60. The van der Waals surface area contributed by atoms with Crippen molar-refractivity contribution < 1.29 is 95.9 Å². The fourth-order valence-electron chi connectivity index (χ4n) is 2.26. The lowest BCUT2D eigenvalue weighted by Crippen LogP contribution is -2.73. The molecule has 40 heavy (non-hydrogen) atoms. The van der Waals surface area contributed by atoms with Crippen LogP contribution in [-0.4, -0.2) is 75.0 Å². The second kappa shape index (κ2) is 9.41. The third-order valence-corrected chi connectivity index (χ3v) is 18.2. The van der Waals surface area contributed by atoms with Gasteiger partial charge in [0.2, 0.25) is 0 Å². The van der Waals surface area contributed by atoms with Gasteiger partial charge >= 0.3 is 46.6 Å². The van der Waals surface area contributed by atoms with Crippen LogP contribution in [0.3, 0.4) is 0 Å².